The fourth-order valence-corrected chi connectivity index (χ4v) is 2.33. The van der Waals surface area contributed by atoms with E-state index >= 15 is 0 Å². The third kappa shape index (κ3) is 3.22. The second-order valence-corrected chi connectivity index (χ2v) is 4.82. The third-order valence-electron chi connectivity index (χ3n) is 3.36. The van der Waals surface area contributed by atoms with E-state index in [0.717, 1.165) is 25.7 Å². The summed E-state index contributed by atoms with van der Waals surface area (Å²) < 4.78 is 5.43. The van der Waals surface area contributed by atoms with Crippen molar-refractivity contribution in [1.82, 2.24) is 0 Å². The molecule has 0 aromatic carbocycles. The number of aliphatic carboxylic acids is 1. The highest BCUT2D eigenvalue weighted by Gasteiger charge is 2.39. The average Bonchev–Trinajstić information content (AvgIpc) is 2.17. The summed E-state index contributed by atoms with van der Waals surface area (Å²) >= 11 is 0. The Kier molecular flexibility index (Phi) is 4.33. The lowest BCUT2D eigenvalue weighted by Gasteiger charge is -2.40. The van der Waals surface area contributed by atoms with Crippen LogP contribution in [-0.2, 0) is 14.3 Å². The molecule has 4 heteroatoms. The number of hydrogen-bond acceptors (Lipinski definition) is 3. The van der Waals surface area contributed by atoms with Crippen LogP contribution in [-0.4, -0.2) is 22.6 Å². The van der Waals surface area contributed by atoms with Gasteiger partial charge >= 0.3 is 11.9 Å². The van der Waals surface area contributed by atoms with Crippen LogP contribution in [0.4, 0.5) is 0 Å². The Morgan fingerprint density at radius 1 is 1.25 bits per heavy atom. The Labute approximate surface area is 96.0 Å². The SMILES string of the molecule is CC(C)C1(OC(=O)CC(=O)O)CCCCC1. The van der Waals surface area contributed by atoms with Crippen LogP contribution < -0.4 is 0 Å². The zero-order valence-electron chi connectivity index (χ0n) is 9.99. The molecule has 1 rings (SSSR count). The van der Waals surface area contributed by atoms with Gasteiger partial charge in [-0.25, -0.2) is 0 Å². The van der Waals surface area contributed by atoms with E-state index in [1.54, 1.807) is 0 Å². The molecule has 1 aliphatic rings. The lowest BCUT2D eigenvalue weighted by molar-refractivity contribution is -0.172. The van der Waals surface area contributed by atoms with Crippen LogP contribution in [0.3, 0.4) is 0 Å². The van der Waals surface area contributed by atoms with Gasteiger partial charge in [-0.05, 0) is 31.6 Å². The predicted molar refractivity (Wildman–Crippen MR) is 59.0 cm³/mol. The maximum Gasteiger partial charge on any atom is 0.317 e. The number of ether oxygens (including phenoxy) is 1. The molecular formula is C12H20O4. The predicted octanol–water partition coefficient (Wildman–Crippen LogP) is 2.36. The standard InChI is InChI=1S/C12H20O4/c1-9(2)12(6-4-3-5-7-12)16-11(15)8-10(13)14/h9H,3-8H2,1-2H3,(H,13,14). The maximum absolute atomic E-state index is 11.4. The summed E-state index contributed by atoms with van der Waals surface area (Å²) in [6.07, 6.45) is 4.46. The number of esters is 1. The highest BCUT2D eigenvalue weighted by molar-refractivity contribution is 5.90. The molecule has 0 heterocycles. The maximum atomic E-state index is 11.4. The van der Waals surface area contributed by atoms with Crippen molar-refractivity contribution in [2.45, 2.75) is 58.0 Å². The molecule has 0 atom stereocenters. The van der Waals surface area contributed by atoms with Crippen LogP contribution in [0.5, 0.6) is 0 Å². The van der Waals surface area contributed by atoms with Gasteiger partial charge in [-0.15, -0.1) is 0 Å². The topological polar surface area (TPSA) is 63.6 Å². The van der Waals surface area contributed by atoms with Gasteiger partial charge in [-0.3, -0.25) is 9.59 Å². The molecular weight excluding hydrogens is 208 g/mol. The Bertz CT molecular complexity index is 264. The second-order valence-electron chi connectivity index (χ2n) is 4.82. The van der Waals surface area contributed by atoms with Crippen molar-refractivity contribution in [2.75, 3.05) is 0 Å². The minimum absolute atomic E-state index is 0.241. The van der Waals surface area contributed by atoms with Gasteiger partial charge in [0, 0.05) is 0 Å². The van der Waals surface area contributed by atoms with Crippen molar-refractivity contribution in [3.63, 3.8) is 0 Å². The highest BCUT2D eigenvalue weighted by atomic mass is 16.6. The zero-order chi connectivity index (χ0) is 12.2. The zero-order valence-corrected chi connectivity index (χ0v) is 9.99. The molecule has 0 amide bonds. The van der Waals surface area contributed by atoms with Gasteiger partial charge in [0.05, 0.1) is 0 Å². The number of rotatable bonds is 4. The van der Waals surface area contributed by atoms with Crippen LogP contribution in [0.1, 0.15) is 52.4 Å². The molecule has 92 valence electrons. The smallest absolute Gasteiger partial charge is 0.317 e. The first kappa shape index (κ1) is 13.0. The van der Waals surface area contributed by atoms with Crippen LogP contribution in [0.2, 0.25) is 0 Å². The number of hydrogen-bond donors (Lipinski definition) is 1. The van der Waals surface area contributed by atoms with Crippen LogP contribution in [0.15, 0.2) is 0 Å². The molecule has 0 radical (unpaired) electrons. The largest absolute Gasteiger partial charge is 0.481 e. The second kappa shape index (κ2) is 5.32. The van der Waals surface area contributed by atoms with Gasteiger partial charge in [0.2, 0.25) is 0 Å². The summed E-state index contributed by atoms with van der Waals surface area (Å²) in [4.78, 5) is 21.9. The van der Waals surface area contributed by atoms with Crippen molar-refractivity contribution in [1.29, 1.82) is 0 Å². The first-order valence-corrected chi connectivity index (χ1v) is 5.90. The normalized spacial score (nSPS) is 19.4. The molecule has 0 aromatic rings. The van der Waals surface area contributed by atoms with Crippen LogP contribution in [0, 0.1) is 5.92 Å². The van der Waals surface area contributed by atoms with E-state index in [0.29, 0.717) is 0 Å². The average molecular weight is 228 g/mol. The van der Waals surface area contributed by atoms with Crippen molar-refractivity contribution in [2.24, 2.45) is 5.92 Å². The Morgan fingerprint density at radius 2 is 1.81 bits per heavy atom. The van der Waals surface area contributed by atoms with Crippen LogP contribution in [0.25, 0.3) is 0 Å². The minimum atomic E-state index is -1.13. The molecule has 0 saturated heterocycles. The van der Waals surface area contributed by atoms with Gasteiger partial charge < -0.3 is 9.84 Å². The first-order chi connectivity index (χ1) is 7.46. The molecule has 16 heavy (non-hydrogen) atoms. The monoisotopic (exact) mass is 228 g/mol. The van der Waals surface area contributed by atoms with Crippen molar-refractivity contribution in [3.05, 3.63) is 0 Å². The van der Waals surface area contributed by atoms with Crippen molar-refractivity contribution < 1.29 is 19.4 Å². The van der Waals surface area contributed by atoms with Gasteiger partial charge in [0.15, 0.2) is 0 Å². The van der Waals surface area contributed by atoms with Crippen LogP contribution >= 0.6 is 0 Å². The van der Waals surface area contributed by atoms with Crippen molar-refractivity contribution in [3.8, 4) is 0 Å². The van der Waals surface area contributed by atoms with E-state index in [1.165, 1.54) is 6.42 Å². The van der Waals surface area contributed by atoms with Gasteiger partial charge in [0.1, 0.15) is 12.0 Å². The van der Waals surface area contributed by atoms with Gasteiger partial charge in [-0.1, -0.05) is 20.3 Å². The number of carboxylic acid groups (broad SMARTS) is 1. The minimum Gasteiger partial charge on any atom is -0.481 e. The molecule has 0 spiro atoms. The summed E-state index contributed by atoms with van der Waals surface area (Å²) in [5.41, 5.74) is -0.426. The molecule has 1 aliphatic carbocycles. The Balaban J connectivity index is 2.63. The van der Waals surface area contributed by atoms with E-state index in [1.807, 2.05) is 13.8 Å². The molecule has 0 aromatic heterocycles. The van der Waals surface area contributed by atoms with E-state index in [4.69, 9.17) is 9.84 Å². The molecule has 4 nitrogen and oxygen atoms in total. The lowest BCUT2D eigenvalue weighted by atomic mass is 9.77. The molecule has 1 N–H and O–H groups in total. The molecule has 1 fully saturated rings. The van der Waals surface area contributed by atoms with Gasteiger partial charge in [0.25, 0.3) is 0 Å². The lowest BCUT2D eigenvalue weighted by Crippen LogP contribution is -2.42. The van der Waals surface area contributed by atoms with Gasteiger partial charge in [-0.2, -0.15) is 0 Å². The number of carbonyl (C=O) groups is 2. The number of carbonyl (C=O) groups excluding carboxylic acids is 1. The summed E-state index contributed by atoms with van der Waals surface area (Å²) in [6, 6.07) is 0. The first-order valence-electron chi connectivity index (χ1n) is 5.90. The molecule has 1 saturated carbocycles. The molecule has 0 unspecified atom stereocenters. The third-order valence-corrected chi connectivity index (χ3v) is 3.36. The summed E-state index contributed by atoms with van der Waals surface area (Å²) in [7, 11) is 0. The fraction of sp³-hybridized carbons (Fsp3) is 0.833. The summed E-state index contributed by atoms with van der Waals surface area (Å²) in [6.45, 7) is 4.05. The fourth-order valence-electron chi connectivity index (χ4n) is 2.33. The highest BCUT2D eigenvalue weighted by Crippen LogP contribution is 2.37. The summed E-state index contributed by atoms with van der Waals surface area (Å²) in [5, 5.41) is 8.54. The number of carboxylic acids is 1. The van der Waals surface area contributed by atoms with E-state index in [9.17, 15) is 9.59 Å². The Morgan fingerprint density at radius 3 is 2.25 bits per heavy atom. The van der Waals surface area contributed by atoms with E-state index < -0.39 is 24.0 Å². The van der Waals surface area contributed by atoms with E-state index in [2.05, 4.69) is 0 Å². The Hall–Kier alpha value is -1.06. The summed E-state index contributed by atoms with van der Waals surface area (Å²) in [5.74, 6) is -1.49. The van der Waals surface area contributed by atoms with Crippen molar-refractivity contribution >= 4 is 11.9 Å². The quantitative estimate of drug-likeness (QED) is 0.592. The molecule has 0 aliphatic heterocycles. The van der Waals surface area contributed by atoms with E-state index in [-0.39, 0.29) is 5.92 Å². The molecule has 0 bridgehead atoms.